The highest BCUT2D eigenvalue weighted by Crippen LogP contribution is 2.30. The number of hydrogen-bond acceptors (Lipinski definition) is 4. The molecule has 0 saturated carbocycles. The van der Waals surface area contributed by atoms with Gasteiger partial charge in [-0.3, -0.25) is 4.90 Å². The van der Waals surface area contributed by atoms with Gasteiger partial charge in [0, 0.05) is 18.6 Å². The van der Waals surface area contributed by atoms with Crippen LogP contribution in [0.5, 0.6) is 0 Å². The molecule has 0 aromatic carbocycles. The summed E-state index contributed by atoms with van der Waals surface area (Å²) in [5.41, 5.74) is 5.89. The van der Waals surface area contributed by atoms with Crippen LogP contribution in [0.4, 0.5) is 11.6 Å². The van der Waals surface area contributed by atoms with E-state index in [2.05, 4.69) is 20.2 Å². The van der Waals surface area contributed by atoms with E-state index in [0.29, 0.717) is 17.9 Å². The fourth-order valence-electron chi connectivity index (χ4n) is 3.21. The SMILES string of the molecule is Cc1nc(NC2CCN3CCCCC23)c(N)[nH]1. The molecule has 0 radical (unpaired) electrons. The summed E-state index contributed by atoms with van der Waals surface area (Å²) in [7, 11) is 0. The lowest BCUT2D eigenvalue weighted by atomic mass is 9.99. The molecule has 17 heavy (non-hydrogen) atoms. The summed E-state index contributed by atoms with van der Waals surface area (Å²) in [5.74, 6) is 2.38. The van der Waals surface area contributed by atoms with Crippen molar-refractivity contribution in [3.05, 3.63) is 5.82 Å². The molecule has 3 heterocycles. The largest absolute Gasteiger partial charge is 0.382 e. The van der Waals surface area contributed by atoms with Crippen LogP contribution in [0, 0.1) is 6.92 Å². The number of aromatic amines is 1. The second-order valence-electron chi connectivity index (χ2n) is 5.22. The van der Waals surface area contributed by atoms with Crippen molar-refractivity contribution in [1.82, 2.24) is 14.9 Å². The molecule has 2 saturated heterocycles. The van der Waals surface area contributed by atoms with Crippen LogP contribution in [0.2, 0.25) is 0 Å². The van der Waals surface area contributed by atoms with Crippen molar-refractivity contribution in [2.75, 3.05) is 24.1 Å². The number of hydrogen-bond donors (Lipinski definition) is 3. The highest BCUT2D eigenvalue weighted by atomic mass is 15.2. The highest BCUT2D eigenvalue weighted by molar-refractivity contribution is 5.57. The Labute approximate surface area is 102 Å². The minimum absolute atomic E-state index is 0.514. The van der Waals surface area contributed by atoms with Crippen LogP contribution in [0.25, 0.3) is 0 Å². The lowest BCUT2D eigenvalue weighted by Gasteiger charge is -2.32. The Hall–Kier alpha value is -1.23. The fraction of sp³-hybridized carbons (Fsp3) is 0.750. The molecule has 2 aliphatic rings. The molecule has 1 aromatic rings. The normalized spacial score (nSPS) is 29.2. The van der Waals surface area contributed by atoms with E-state index < -0.39 is 0 Å². The quantitative estimate of drug-likeness (QED) is 0.723. The summed E-state index contributed by atoms with van der Waals surface area (Å²) in [4.78, 5) is 10.1. The number of H-pyrrole nitrogens is 1. The molecule has 94 valence electrons. The van der Waals surface area contributed by atoms with Gasteiger partial charge < -0.3 is 16.0 Å². The number of rotatable bonds is 2. The van der Waals surface area contributed by atoms with Gasteiger partial charge in [0.2, 0.25) is 0 Å². The summed E-state index contributed by atoms with van der Waals surface area (Å²) < 4.78 is 0. The number of nitrogen functional groups attached to an aromatic ring is 1. The molecule has 5 nitrogen and oxygen atoms in total. The van der Waals surface area contributed by atoms with Gasteiger partial charge in [-0.1, -0.05) is 6.42 Å². The Morgan fingerprint density at radius 1 is 1.35 bits per heavy atom. The standard InChI is InChI=1S/C12H21N5/c1-8-14-11(13)12(15-8)16-9-5-7-17-6-3-2-4-10(9)17/h9-10,16H,2-7,13H2,1H3,(H,14,15). The Kier molecular flexibility index (Phi) is 2.70. The number of imidazole rings is 1. The van der Waals surface area contributed by atoms with Gasteiger partial charge in [-0.15, -0.1) is 0 Å². The van der Waals surface area contributed by atoms with E-state index >= 15 is 0 Å². The number of aryl methyl sites for hydroxylation is 1. The zero-order valence-electron chi connectivity index (χ0n) is 10.4. The third-order valence-electron chi connectivity index (χ3n) is 4.03. The van der Waals surface area contributed by atoms with Crippen molar-refractivity contribution in [3.63, 3.8) is 0 Å². The summed E-state index contributed by atoms with van der Waals surface area (Å²) in [6.07, 6.45) is 5.22. The molecule has 2 atom stereocenters. The lowest BCUT2D eigenvalue weighted by molar-refractivity contribution is 0.192. The Morgan fingerprint density at radius 3 is 3.00 bits per heavy atom. The van der Waals surface area contributed by atoms with Crippen LogP contribution in [0.15, 0.2) is 0 Å². The molecule has 3 rings (SSSR count). The van der Waals surface area contributed by atoms with E-state index in [-0.39, 0.29) is 0 Å². The molecule has 0 aliphatic carbocycles. The number of piperidine rings is 1. The summed E-state index contributed by atoms with van der Waals surface area (Å²) in [6.45, 7) is 4.41. The van der Waals surface area contributed by atoms with E-state index in [4.69, 9.17) is 5.73 Å². The topological polar surface area (TPSA) is 70.0 Å². The predicted molar refractivity (Wildman–Crippen MR) is 69.0 cm³/mol. The number of fused-ring (bicyclic) bond motifs is 1. The summed E-state index contributed by atoms with van der Waals surface area (Å²) >= 11 is 0. The van der Waals surface area contributed by atoms with Gasteiger partial charge in [0.1, 0.15) is 11.6 Å². The predicted octanol–water partition coefficient (Wildman–Crippen LogP) is 1.34. The number of aromatic nitrogens is 2. The van der Waals surface area contributed by atoms with Gasteiger partial charge in [-0.2, -0.15) is 0 Å². The Balaban J connectivity index is 1.71. The zero-order chi connectivity index (χ0) is 11.8. The average Bonchev–Trinajstić information content (AvgIpc) is 2.85. The van der Waals surface area contributed by atoms with Gasteiger partial charge in [0.15, 0.2) is 5.82 Å². The number of anilines is 2. The average molecular weight is 235 g/mol. The van der Waals surface area contributed by atoms with E-state index in [9.17, 15) is 0 Å². The third-order valence-corrected chi connectivity index (χ3v) is 4.03. The first-order chi connectivity index (χ1) is 8.24. The molecule has 0 bridgehead atoms. The van der Waals surface area contributed by atoms with Crippen molar-refractivity contribution >= 4 is 11.6 Å². The fourth-order valence-corrected chi connectivity index (χ4v) is 3.21. The van der Waals surface area contributed by atoms with Crippen molar-refractivity contribution in [1.29, 1.82) is 0 Å². The summed E-state index contributed by atoms with van der Waals surface area (Å²) in [5, 5.41) is 3.52. The van der Waals surface area contributed by atoms with Crippen LogP contribution in [0.3, 0.4) is 0 Å². The van der Waals surface area contributed by atoms with Crippen molar-refractivity contribution < 1.29 is 0 Å². The molecule has 2 fully saturated rings. The van der Waals surface area contributed by atoms with E-state index in [1.54, 1.807) is 0 Å². The maximum absolute atomic E-state index is 5.89. The molecule has 4 N–H and O–H groups in total. The Morgan fingerprint density at radius 2 is 2.24 bits per heavy atom. The minimum Gasteiger partial charge on any atom is -0.382 e. The molecule has 2 aliphatic heterocycles. The second-order valence-corrected chi connectivity index (χ2v) is 5.22. The first-order valence-corrected chi connectivity index (χ1v) is 6.57. The van der Waals surface area contributed by atoms with Gasteiger partial charge in [-0.25, -0.2) is 4.98 Å². The third kappa shape index (κ3) is 1.99. The number of nitrogens with two attached hydrogens (primary N) is 1. The van der Waals surface area contributed by atoms with Crippen molar-refractivity contribution in [3.8, 4) is 0 Å². The highest BCUT2D eigenvalue weighted by Gasteiger charge is 2.35. The molecule has 2 unspecified atom stereocenters. The van der Waals surface area contributed by atoms with Crippen molar-refractivity contribution in [2.45, 2.75) is 44.7 Å². The zero-order valence-corrected chi connectivity index (χ0v) is 10.4. The van der Waals surface area contributed by atoms with Crippen LogP contribution < -0.4 is 11.1 Å². The molecule has 1 aromatic heterocycles. The van der Waals surface area contributed by atoms with Gasteiger partial charge in [-0.05, 0) is 32.7 Å². The van der Waals surface area contributed by atoms with E-state index in [1.165, 1.54) is 38.8 Å². The van der Waals surface area contributed by atoms with Gasteiger partial charge in [0.05, 0.1) is 0 Å². The number of nitrogens with one attached hydrogen (secondary N) is 2. The maximum atomic E-state index is 5.89. The van der Waals surface area contributed by atoms with Gasteiger partial charge in [0.25, 0.3) is 0 Å². The lowest BCUT2D eigenvalue weighted by Crippen LogP contribution is -2.41. The van der Waals surface area contributed by atoms with Crippen LogP contribution in [-0.2, 0) is 0 Å². The van der Waals surface area contributed by atoms with E-state index in [0.717, 1.165) is 11.6 Å². The number of nitrogens with zero attached hydrogens (tertiary/aromatic N) is 2. The molecule has 0 amide bonds. The molecule has 0 spiro atoms. The van der Waals surface area contributed by atoms with Crippen molar-refractivity contribution in [2.24, 2.45) is 0 Å². The minimum atomic E-state index is 0.514. The first kappa shape index (κ1) is 10.9. The van der Waals surface area contributed by atoms with E-state index in [1.807, 2.05) is 6.92 Å². The second kappa shape index (κ2) is 4.22. The monoisotopic (exact) mass is 235 g/mol. The van der Waals surface area contributed by atoms with Crippen LogP contribution in [0.1, 0.15) is 31.5 Å². The van der Waals surface area contributed by atoms with Gasteiger partial charge >= 0.3 is 0 Å². The van der Waals surface area contributed by atoms with Crippen LogP contribution in [-0.4, -0.2) is 40.0 Å². The molecular formula is C12H21N5. The smallest absolute Gasteiger partial charge is 0.169 e. The first-order valence-electron chi connectivity index (χ1n) is 6.57. The maximum Gasteiger partial charge on any atom is 0.169 e. The van der Waals surface area contributed by atoms with Crippen LogP contribution >= 0.6 is 0 Å². The molecular weight excluding hydrogens is 214 g/mol. The Bertz CT molecular complexity index is 400. The molecule has 5 heteroatoms. The summed E-state index contributed by atoms with van der Waals surface area (Å²) in [6, 6.07) is 1.19.